The fraction of sp³-hybridized carbons (Fsp3) is 0.727. The minimum atomic E-state index is -0.233. The minimum absolute atomic E-state index is 0. The Kier molecular flexibility index (Phi) is 5.14. The van der Waals surface area contributed by atoms with Gasteiger partial charge in [0.1, 0.15) is 0 Å². The molecule has 1 aromatic carbocycles. The number of aryl methyl sites for hydroxylation is 1. The second-order valence-electron chi connectivity index (χ2n) is 9.17. The van der Waals surface area contributed by atoms with E-state index < -0.39 is 0 Å². The highest BCUT2D eigenvalue weighted by molar-refractivity contribution is 5.85. The fourth-order valence-electron chi connectivity index (χ4n) is 6.71. The highest BCUT2D eigenvalue weighted by Crippen LogP contribution is 2.56. The summed E-state index contributed by atoms with van der Waals surface area (Å²) in [6.07, 6.45) is 10.6. The molecule has 138 valence electrons. The molecule has 0 radical (unpaired) electrons. The largest absolute Gasteiger partial charge is 0.388 e. The molecule has 0 aliphatic heterocycles. The molecule has 0 aromatic heterocycles. The van der Waals surface area contributed by atoms with E-state index in [1.165, 1.54) is 48.9 Å². The van der Waals surface area contributed by atoms with Crippen molar-refractivity contribution >= 4 is 12.4 Å². The number of nitrogens with one attached hydrogen (secondary N) is 1. The summed E-state index contributed by atoms with van der Waals surface area (Å²) in [5, 5.41) is 13.9. The van der Waals surface area contributed by atoms with E-state index in [-0.39, 0.29) is 18.5 Å². The predicted molar refractivity (Wildman–Crippen MR) is 104 cm³/mol. The number of fused-ring (bicyclic) bond motifs is 1. The molecule has 6 rings (SSSR count). The van der Waals surface area contributed by atoms with E-state index in [4.69, 9.17) is 0 Å². The lowest BCUT2D eigenvalue weighted by Gasteiger charge is -2.54. The zero-order valence-corrected chi connectivity index (χ0v) is 15.9. The Morgan fingerprint density at radius 3 is 2.44 bits per heavy atom. The number of rotatable bonds is 4. The topological polar surface area (TPSA) is 32.3 Å². The smallest absolute Gasteiger partial charge is 0.0792 e. The maximum atomic E-state index is 10.1. The Balaban J connectivity index is 0.00000157. The third-order valence-corrected chi connectivity index (χ3v) is 7.62. The molecule has 5 aliphatic carbocycles. The van der Waals surface area contributed by atoms with Crippen LogP contribution in [0, 0.1) is 29.6 Å². The van der Waals surface area contributed by atoms with E-state index in [1.807, 2.05) is 0 Å². The molecule has 4 saturated carbocycles. The molecule has 0 heterocycles. The number of halogens is 1. The van der Waals surface area contributed by atoms with Crippen LogP contribution in [-0.2, 0) is 13.0 Å². The standard InChI is InChI=1S/C22H31NO.ClH/c24-22-3-1-2-17-7-14(4-5-20(17)22)12-23-13-21-18-8-15-6-16(10-18)11-19(21)9-15;/h4-5,7,15-16,18-19,21-24H,1-3,6,8-13H2;1H. The molecule has 3 heteroatoms. The first-order chi connectivity index (χ1) is 11.8. The minimum Gasteiger partial charge on any atom is -0.388 e. The third-order valence-electron chi connectivity index (χ3n) is 7.62. The van der Waals surface area contributed by atoms with Crippen LogP contribution >= 0.6 is 12.4 Å². The molecule has 1 atom stereocenters. The number of aliphatic hydroxyl groups excluding tert-OH is 1. The number of aliphatic hydroxyl groups is 1. The summed E-state index contributed by atoms with van der Waals surface area (Å²) in [5.74, 6) is 5.14. The van der Waals surface area contributed by atoms with Crippen LogP contribution in [0.5, 0.6) is 0 Å². The number of hydrogen-bond acceptors (Lipinski definition) is 2. The van der Waals surface area contributed by atoms with Crippen LogP contribution in [0.1, 0.15) is 67.7 Å². The molecule has 4 bridgehead atoms. The maximum Gasteiger partial charge on any atom is 0.0792 e. The van der Waals surface area contributed by atoms with Crippen LogP contribution in [0.15, 0.2) is 18.2 Å². The summed E-state index contributed by atoms with van der Waals surface area (Å²) in [7, 11) is 0. The molecule has 25 heavy (non-hydrogen) atoms. The summed E-state index contributed by atoms with van der Waals surface area (Å²) in [6, 6.07) is 6.72. The molecule has 2 N–H and O–H groups in total. The Labute approximate surface area is 158 Å². The molecular formula is C22H32ClNO. The molecule has 4 fully saturated rings. The van der Waals surface area contributed by atoms with Crippen molar-refractivity contribution in [2.24, 2.45) is 29.6 Å². The zero-order chi connectivity index (χ0) is 16.1. The van der Waals surface area contributed by atoms with Crippen LogP contribution in [0.2, 0.25) is 0 Å². The van der Waals surface area contributed by atoms with Crippen LogP contribution < -0.4 is 5.32 Å². The summed E-state index contributed by atoms with van der Waals surface area (Å²) in [5.41, 5.74) is 3.94. The van der Waals surface area contributed by atoms with E-state index >= 15 is 0 Å². The van der Waals surface area contributed by atoms with Crippen molar-refractivity contribution in [3.63, 3.8) is 0 Å². The van der Waals surface area contributed by atoms with Crippen molar-refractivity contribution < 1.29 is 5.11 Å². The maximum absolute atomic E-state index is 10.1. The van der Waals surface area contributed by atoms with Gasteiger partial charge in [-0.25, -0.2) is 0 Å². The van der Waals surface area contributed by atoms with Crippen LogP contribution in [0.25, 0.3) is 0 Å². The quantitative estimate of drug-likeness (QED) is 0.818. The summed E-state index contributed by atoms with van der Waals surface area (Å²) >= 11 is 0. The molecule has 1 aromatic rings. The van der Waals surface area contributed by atoms with Gasteiger partial charge in [-0.15, -0.1) is 12.4 Å². The monoisotopic (exact) mass is 361 g/mol. The second kappa shape index (κ2) is 7.21. The average Bonchev–Trinajstić information content (AvgIpc) is 2.57. The van der Waals surface area contributed by atoms with Crippen LogP contribution in [0.3, 0.4) is 0 Å². The van der Waals surface area contributed by atoms with Gasteiger partial charge in [-0.3, -0.25) is 0 Å². The lowest BCUT2D eigenvalue weighted by atomic mass is 9.52. The predicted octanol–water partition coefficient (Wildman–Crippen LogP) is 4.64. The summed E-state index contributed by atoms with van der Waals surface area (Å²) < 4.78 is 0. The van der Waals surface area contributed by atoms with Crippen LogP contribution in [-0.4, -0.2) is 11.7 Å². The van der Waals surface area contributed by atoms with Gasteiger partial charge in [0.15, 0.2) is 0 Å². The Morgan fingerprint density at radius 2 is 1.72 bits per heavy atom. The molecule has 0 amide bonds. The van der Waals surface area contributed by atoms with E-state index in [0.717, 1.165) is 55.4 Å². The van der Waals surface area contributed by atoms with Gasteiger partial charge in [0.25, 0.3) is 0 Å². The van der Waals surface area contributed by atoms with Gasteiger partial charge in [-0.05, 0) is 104 Å². The number of hydrogen-bond donors (Lipinski definition) is 2. The molecule has 5 aliphatic rings. The van der Waals surface area contributed by atoms with Crippen molar-refractivity contribution in [2.75, 3.05) is 6.54 Å². The zero-order valence-electron chi connectivity index (χ0n) is 15.1. The Bertz CT molecular complexity index is 588. The van der Waals surface area contributed by atoms with Gasteiger partial charge in [0.05, 0.1) is 6.10 Å². The Hall–Kier alpha value is -0.570. The lowest BCUT2D eigenvalue weighted by Crippen LogP contribution is -2.48. The normalized spacial score (nSPS) is 38.3. The van der Waals surface area contributed by atoms with Gasteiger partial charge in [-0.1, -0.05) is 18.2 Å². The lowest BCUT2D eigenvalue weighted by molar-refractivity contribution is -0.0355. The second-order valence-corrected chi connectivity index (χ2v) is 9.17. The summed E-state index contributed by atoms with van der Waals surface area (Å²) in [6.45, 7) is 2.21. The van der Waals surface area contributed by atoms with E-state index in [0.29, 0.717) is 0 Å². The fourth-order valence-corrected chi connectivity index (χ4v) is 6.71. The third kappa shape index (κ3) is 3.38. The van der Waals surface area contributed by atoms with E-state index in [2.05, 4.69) is 23.5 Å². The van der Waals surface area contributed by atoms with E-state index in [9.17, 15) is 5.11 Å². The highest BCUT2D eigenvalue weighted by Gasteiger charge is 2.47. The molecule has 0 saturated heterocycles. The SMILES string of the molecule is Cl.OC1CCCc2cc(CNCC3C4CC5CC(C4)CC3C5)ccc21. The molecule has 2 nitrogen and oxygen atoms in total. The average molecular weight is 362 g/mol. The van der Waals surface area contributed by atoms with Gasteiger partial charge in [-0.2, -0.15) is 0 Å². The van der Waals surface area contributed by atoms with E-state index in [1.54, 1.807) is 6.42 Å². The van der Waals surface area contributed by atoms with Gasteiger partial charge in [0.2, 0.25) is 0 Å². The Morgan fingerprint density at radius 1 is 1.00 bits per heavy atom. The summed E-state index contributed by atoms with van der Waals surface area (Å²) in [4.78, 5) is 0. The van der Waals surface area contributed by atoms with Crippen molar-refractivity contribution in [3.05, 3.63) is 34.9 Å². The first kappa shape index (κ1) is 17.8. The first-order valence-electron chi connectivity index (χ1n) is 10.3. The van der Waals surface area contributed by atoms with Gasteiger partial charge in [0, 0.05) is 6.54 Å². The first-order valence-corrected chi connectivity index (χ1v) is 10.3. The van der Waals surface area contributed by atoms with Crippen molar-refractivity contribution in [2.45, 2.75) is 64.0 Å². The molecule has 0 spiro atoms. The van der Waals surface area contributed by atoms with Gasteiger partial charge < -0.3 is 10.4 Å². The van der Waals surface area contributed by atoms with Gasteiger partial charge >= 0.3 is 0 Å². The van der Waals surface area contributed by atoms with Crippen molar-refractivity contribution in [1.82, 2.24) is 5.32 Å². The van der Waals surface area contributed by atoms with Crippen molar-refractivity contribution in [1.29, 1.82) is 0 Å². The highest BCUT2D eigenvalue weighted by atomic mass is 35.5. The van der Waals surface area contributed by atoms with Crippen LogP contribution in [0.4, 0.5) is 0 Å². The molecular weight excluding hydrogens is 330 g/mol. The van der Waals surface area contributed by atoms with Crippen molar-refractivity contribution in [3.8, 4) is 0 Å². The molecule has 1 unspecified atom stereocenters. The number of benzene rings is 1.